The second kappa shape index (κ2) is 5.87. The number of hydrogen-bond acceptors (Lipinski definition) is 3. The molecule has 6 heteroatoms. The highest BCUT2D eigenvalue weighted by Gasteiger charge is 2.19. The minimum absolute atomic E-state index is 0.0885. The standard InChI is InChI=1S/C15H23N5O/c1-10-13(11(2)17-16-10)8-14-18-19-15(21)20(14)9-12-6-4-3-5-7-12/h12H,3-9H2,1-2H3,(H,16,17)(H,19,21). The molecule has 2 heterocycles. The van der Waals surface area contributed by atoms with Crippen molar-refractivity contribution < 1.29 is 0 Å². The Bertz CT molecular complexity index is 640. The smallest absolute Gasteiger partial charge is 0.282 e. The summed E-state index contributed by atoms with van der Waals surface area (Å²) in [7, 11) is 0. The molecule has 0 atom stereocenters. The number of aromatic nitrogens is 5. The topological polar surface area (TPSA) is 79.4 Å². The van der Waals surface area contributed by atoms with Gasteiger partial charge in [0.15, 0.2) is 0 Å². The third kappa shape index (κ3) is 2.94. The fourth-order valence-electron chi connectivity index (χ4n) is 3.29. The number of aromatic amines is 2. The minimum atomic E-state index is -0.0885. The molecule has 21 heavy (non-hydrogen) atoms. The van der Waals surface area contributed by atoms with E-state index < -0.39 is 0 Å². The lowest BCUT2D eigenvalue weighted by atomic mass is 9.89. The molecule has 1 saturated carbocycles. The van der Waals surface area contributed by atoms with Gasteiger partial charge in [-0.25, -0.2) is 9.89 Å². The lowest BCUT2D eigenvalue weighted by molar-refractivity contribution is 0.313. The van der Waals surface area contributed by atoms with Gasteiger partial charge in [0.1, 0.15) is 5.82 Å². The summed E-state index contributed by atoms with van der Waals surface area (Å²) in [6, 6.07) is 0. The second-order valence-corrected chi connectivity index (χ2v) is 6.15. The summed E-state index contributed by atoms with van der Waals surface area (Å²) >= 11 is 0. The van der Waals surface area contributed by atoms with Crippen LogP contribution in [0.1, 0.15) is 54.9 Å². The Labute approximate surface area is 124 Å². The van der Waals surface area contributed by atoms with E-state index >= 15 is 0 Å². The van der Waals surface area contributed by atoms with Crippen LogP contribution >= 0.6 is 0 Å². The highest BCUT2D eigenvalue weighted by atomic mass is 16.1. The van der Waals surface area contributed by atoms with Crippen molar-refractivity contribution in [2.75, 3.05) is 0 Å². The van der Waals surface area contributed by atoms with E-state index in [1.807, 2.05) is 18.4 Å². The van der Waals surface area contributed by atoms with Crippen LogP contribution in [0.25, 0.3) is 0 Å². The summed E-state index contributed by atoms with van der Waals surface area (Å²) < 4.78 is 1.82. The van der Waals surface area contributed by atoms with Gasteiger partial charge in [0.05, 0.1) is 5.69 Å². The first kappa shape index (κ1) is 14.1. The Morgan fingerprint density at radius 1 is 1.14 bits per heavy atom. The zero-order valence-corrected chi connectivity index (χ0v) is 12.8. The molecule has 2 aromatic heterocycles. The molecule has 0 radical (unpaired) electrons. The van der Waals surface area contributed by atoms with Gasteiger partial charge in [-0.05, 0) is 32.6 Å². The van der Waals surface area contributed by atoms with E-state index in [-0.39, 0.29) is 5.69 Å². The molecule has 0 aliphatic heterocycles. The van der Waals surface area contributed by atoms with Gasteiger partial charge < -0.3 is 0 Å². The summed E-state index contributed by atoms with van der Waals surface area (Å²) in [5.41, 5.74) is 3.08. The molecule has 3 rings (SSSR count). The predicted octanol–water partition coefficient (Wildman–Crippen LogP) is 2.08. The van der Waals surface area contributed by atoms with E-state index in [2.05, 4.69) is 20.4 Å². The molecule has 0 bridgehead atoms. The molecule has 1 fully saturated rings. The number of H-pyrrole nitrogens is 2. The van der Waals surface area contributed by atoms with E-state index in [4.69, 9.17) is 0 Å². The molecule has 1 aliphatic rings. The number of nitrogens with zero attached hydrogens (tertiary/aromatic N) is 3. The predicted molar refractivity (Wildman–Crippen MR) is 80.3 cm³/mol. The quantitative estimate of drug-likeness (QED) is 0.904. The summed E-state index contributed by atoms with van der Waals surface area (Å²) in [5, 5.41) is 14.0. The Balaban J connectivity index is 1.81. The largest absolute Gasteiger partial charge is 0.343 e. The fourth-order valence-corrected chi connectivity index (χ4v) is 3.29. The molecule has 0 unspecified atom stereocenters. The van der Waals surface area contributed by atoms with Crippen molar-refractivity contribution in [3.63, 3.8) is 0 Å². The van der Waals surface area contributed by atoms with Crippen LogP contribution in [-0.2, 0) is 13.0 Å². The molecule has 0 aromatic carbocycles. The van der Waals surface area contributed by atoms with Gasteiger partial charge in [-0.15, -0.1) is 0 Å². The number of nitrogens with one attached hydrogen (secondary N) is 2. The molecule has 6 nitrogen and oxygen atoms in total. The van der Waals surface area contributed by atoms with Crippen molar-refractivity contribution in [3.05, 3.63) is 33.3 Å². The first-order valence-electron chi connectivity index (χ1n) is 7.79. The van der Waals surface area contributed by atoms with E-state index in [0.29, 0.717) is 12.3 Å². The first-order chi connectivity index (χ1) is 10.1. The molecule has 114 valence electrons. The highest BCUT2D eigenvalue weighted by Crippen LogP contribution is 2.25. The zero-order valence-electron chi connectivity index (χ0n) is 12.8. The Morgan fingerprint density at radius 2 is 1.90 bits per heavy atom. The van der Waals surface area contributed by atoms with Crippen LogP contribution in [0.5, 0.6) is 0 Å². The summed E-state index contributed by atoms with van der Waals surface area (Å²) in [6.07, 6.45) is 7.00. The summed E-state index contributed by atoms with van der Waals surface area (Å²) in [4.78, 5) is 12.0. The third-order valence-corrected chi connectivity index (χ3v) is 4.62. The van der Waals surface area contributed by atoms with Crippen molar-refractivity contribution in [1.82, 2.24) is 25.0 Å². The zero-order chi connectivity index (χ0) is 14.8. The van der Waals surface area contributed by atoms with Crippen molar-refractivity contribution in [2.45, 2.75) is 58.9 Å². The average Bonchev–Trinajstić information content (AvgIpc) is 2.99. The first-order valence-corrected chi connectivity index (χ1v) is 7.79. The molecule has 1 aliphatic carbocycles. The molecular weight excluding hydrogens is 266 g/mol. The second-order valence-electron chi connectivity index (χ2n) is 6.15. The summed E-state index contributed by atoms with van der Waals surface area (Å²) in [5.74, 6) is 1.43. The molecule has 2 aromatic rings. The van der Waals surface area contributed by atoms with Crippen LogP contribution in [0, 0.1) is 19.8 Å². The van der Waals surface area contributed by atoms with E-state index in [1.54, 1.807) is 0 Å². The minimum Gasteiger partial charge on any atom is -0.282 e. The maximum absolute atomic E-state index is 12.0. The normalized spacial score (nSPS) is 16.5. The lowest BCUT2D eigenvalue weighted by Crippen LogP contribution is -2.25. The summed E-state index contributed by atoms with van der Waals surface area (Å²) in [6.45, 7) is 4.78. The van der Waals surface area contributed by atoms with E-state index in [0.717, 1.165) is 29.3 Å². The maximum Gasteiger partial charge on any atom is 0.343 e. The van der Waals surface area contributed by atoms with Crippen molar-refractivity contribution in [2.24, 2.45) is 5.92 Å². The van der Waals surface area contributed by atoms with E-state index in [9.17, 15) is 4.79 Å². The van der Waals surface area contributed by atoms with Gasteiger partial charge in [0, 0.05) is 24.2 Å². The molecule has 0 spiro atoms. The number of hydrogen-bond donors (Lipinski definition) is 2. The van der Waals surface area contributed by atoms with Crippen LogP contribution in [-0.4, -0.2) is 25.0 Å². The average molecular weight is 289 g/mol. The van der Waals surface area contributed by atoms with Crippen LogP contribution in [0.15, 0.2) is 4.79 Å². The molecule has 0 amide bonds. The van der Waals surface area contributed by atoms with Gasteiger partial charge >= 0.3 is 5.69 Å². The van der Waals surface area contributed by atoms with Crippen LogP contribution in [0.2, 0.25) is 0 Å². The van der Waals surface area contributed by atoms with Gasteiger partial charge in [0.2, 0.25) is 0 Å². The van der Waals surface area contributed by atoms with Gasteiger partial charge in [-0.3, -0.25) is 9.67 Å². The van der Waals surface area contributed by atoms with Gasteiger partial charge in [0.25, 0.3) is 0 Å². The highest BCUT2D eigenvalue weighted by molar-refractivity contribution is 5.26. The van der Waals surface area contributed by atoms with Gasteiger partial charge in [-0.2, -0.15) is 10.2 Å². The lowest BCUT2D eigenvalue weighted by Gasteiger charge is -2.22. The van der Waals surface area contributed by atoms with E-state index in [1.165, 1.54) is 32.1 Å². The Morgan fingerprint density at radius 3 is 2.57 bits per heavy atom. The number of rotatable bonds is 4. The Kier molecular flexibility index (Phi) is 3.94. The van der Waals surface area contributed by atoms with Crippen LogP contribution < -0.4 is 5.69 Å². The molecule has 2 N–H and O–H groups in total. The third-order valence-electron chi connectivity index (χ3n) is 4.62. The molecule has 0 saturated heterocycles. The van der Waals surface area contributed by atoms with Crippen molar-refractivity contribution in [3.8, 4) is 0 Å². The number of aryl methyl sites for hydroxylation is 2. The molecular formula is C15H23N5O. The maximum atomic E-state index is 12.0. The van der Waals surface area contributed by atoms with Crippen LogP contribution in [0.3, 0.4) is 0 Å². The van der Waals surface area contributed by atoms with Gasteiger partial charge in [-0.1, -0.05) is 19.3 Å². The SMILES string of the molecule is Cc1n[nH]c(C)c1Cc1n[nH]c(=O)n1CC1CCCCC1. The fraction of sp³-hybridized carbons (Fsp3) is 0.667. The van der Waals surface area contributed by atoms with Crippen molar-refractivity contribution >= 4 is 0 Å². The van der Waals surface area contributed by atoms with Crippen molar-refractivity contribution in [1.29, 1.82) is 0 Å². The van der Waals surface area contributed by atoms with Crippen LogP contribution in [0.4, 0.5) is 0 Å². The monoisotopic (exact) mass is 289 g/mol. The Hall–Kier alpha value is -1.85.